The molecule has 76 valence electrons. The third kappa shape index (κ3) is 2.66. The largest absolute Gasteiger partial charge is 0.480 e. The summed E-state index contributed by atoms with van der Waals surface area (Å²) < 4.78 is 15.9. The molecule has 1 unspecified atom stereocenters. The first-order chi connectivity index (χ1) is 5.75. The maximum absolute atomic E-state index is 11.3. The van der Waals surface area contributed by atoms with E-state index in [0.717, 1.165) is 13.8 Å². The molecule has 0 aromatic rings. The Kier molecular flexibility index (Phi) is 3.85. The van der Waals surface area contributed by atoms with Crippen LogP contribution in [0.5, 0.6) is 0 Å². The molecule has 0 amide bonds. The first-order valence-corrected chi connectivity index (χ1v) is 5.15. The van der Waals surface area contributed by atoms with Gasteiger partial charge in [0.25, 0.3) is 0 Å². The second-order valence-electron chi connectivity index (χ2n) is 2.97. The molecule has 2 N–H and O–H groups in total. The second-order valence-corrected chi connectivity index (χ2v) is 5.39. The Hall–Kier alpha value is -0.640. The van der Waals surface area contributed by atoms with E-state index in [9.17, 15) is 14.3 Å². The lowest BCUT2D eigenvalue weighted by molar-refractivity contribution is -0.139. The Morgan fingerprint density at radius 2 is 2.15 bits per heavy atom. The van der Waals surface area contributed by atoms with Gasteiger partial charge in [-0.05, 0) is 13.8 Å². The molecule has 0 radical (unpaired) electrons. The maximum atomic E-state index is 11.3. The minimum Gasteiger partial charge on any atom is -0.480 e. The number of rotatable bonds is 5. The number of aliphatic carboxylic acids is 1. The lowest BCUT2D eigenvalue weighted by Gasteiger charge is -2.24. The monoisotopic (exact) mass is 208 g/mol. The summed E-state index contributed by atoms with van der Waals surface area (Å²) >= 11 is 0. The highest BCUT2D eigenvalue weighted by Gasteiger charge is 2.47. The van der Waals surface area contributed by atoms with Crippen molar-refractivity contribution in [2.24, 2.45) is 0 Å². The number of hydrogen-bond acceptors (Lipinski definition) is 3. The minimum atomic E-state index is -4.14. The van der Waals surface area contributed by atoms with Crippen molar-refractivity contribution in [3.8, 4) is 0 Å². The van der Waals surface area contributed by atoms with Crippen LogP contribution in [0.25, 0.3) is 0 Å². The molecule has 0 heterocycles. The fourth-order valence-electron chi connectivity index (χ4n) is 0.436. The van der Waals surface area contributed by atoms with Gasteiger partial charge in [-0.3, -0.25) is 9.36 Å². The smallest absolute Gasteiger partial charge is 0.345 e. The van der Waals surface area contributed by atoms with E-state index in [1.54, 1.807) is 0 Å². The van der Waals surface area contributed by atoms with Gasteiger partial charge in [0.1, 0.15) is 0 Å². The normalized spacial score (nSPS) is 16.2. The Labute approximate surface area is 76.6 Å². The van der Waals surface area contributed by atoms with Crippen molar-refractivity contribution < 1.29 is 23.9 Å². The zero-order chi connectivity index (χ0) is 10.7. The second kappa shape index (κ2) is 4.05. The van der Waals surface area contributed by atoms with Crippen molar-refractivity contribution in [2.75, 3.05) is 6.61 Å². The van der Waals surface area contributed by atoms with E-state index in [2.05, 4.69) is 11.1 Å². The topological polar surface area (TPSA) is 83.8 Å². The van der Waals surface area contributed by atoms with Crippen LogP contribution in [0, 0.1) is 0 Å². The zero-order valence-electron chi connectivity index (χ0n) is 7.56. The van der Waals surface area contributed by atoms with Gasteiger partial charge in [0.2, 0.25) is 0 Å². The van der Waals surface area contributed by atoms with Gasteiger partial charge in [0.15, 0.2) is 5.16 Å². The molecule has 0 spiro atoms. The van der Waals surface area contributed by atoms with Gasteiger partial charge in [-0.15, -0.1) is 6.58 Å². The van der Waals surface area contributed by atoms with Crippen molar-refractivity contribution in [2.45, 2.75) is 19.0 Å². The molecular formula is C7H13O5P. The lowest BCUT2D eigenvalue weighted by Crippen LogP contribution is -2.32. The summed E-state index contributed by atoms with van der Waals surface area (Å²) in [5.41, 5.74) is 0. The van der Waals surface area contributed by atoms with Crippen molar-refractivity contribution in [1.29, 1.82) is 0 Å². The zero-order valence-corrected chi connectivity index (χ0v) is 8.45. The SMILES string of the molecule is C=CCOP(=O)(O)C(C)(C)C(=O)O. The molecule has 0 saturated heterocycles. The standard InChI is InChI=1S/C7H13O5P/c1-4-5-12-13(10,11)7(2,3)6(8)9/h4H,1,5H2,2-3H3,(H,8,9)(H,10,11). The van der Waals surface area contributed by atoms with Crippen LogP contribution in [0.3, 0.4) is 0 Å². The summed E-state index contributed by atoms with van der Waals surface area (Å²) in [4.78, 5) is 19.8. The van der Waals surface area contributed by atoms with Gasteiger partial charge < -0.3 is 14.5 Å². The van der Waals surface area contributed by atoms with E-state index < -0.39 is 18.7 Å². The molecule has 13 heavy (non-hydrogen) atoms. The van der Waals surface area contributed by atoms with Crippen LogP contribution >= 0.6 is 7.60 Å². The van der Waals surface area contributed by atoms with Crippen LogP contribution in [0.15, 0.2) is 12.7 Å². The highest BCUT2D eigenvalue weighted by atomic mass is 31.2. The Morgan fingerprint density at radius 3 is 2.46 bits per heavy atom. The van der Waals surface area contributed by atoms with E-state index in [0.29, 0.717) is 0 Å². The third-order valence-corrected chi connectivity index (χ3v) is 3.70. The summed E-state index contributed by atoms with van der Waals surface area (Å²) in [6, 6.07) is 0. The average molecular weight is 208 g/mol. The van der Waals surface area contributed by atoms with Gasteiger partial charge in [-0.25, -0.2) is 0 Å². The Morgan fingerprint density at radius 1 is 1.69 bits per heavy atom. The fourth-order valence-corrected chi connectivity index (χ4v) is 1.31. The molecular weight excluding hydrogens is 195 g/mol. The molecule has 0 bridgehead atoms. The highest BCUT2D eigenvalue weighted by molar-refractivity contribution is 7.55. The van der Waals surface area contributed by atoms with Gasteiger partial charge in [-0.1, -0.05) is 6.08 Å². The fraction of sp³-hybridized carbons (Fsp3) is 0.571. The van der Waals surface area contributed by atoms with E-state index >= 15 is 0 Å². The average Bonchev–Trinajstić information content (AvgIpc) is 2.00. The molecule has 0 rings (SSSR count). The van der Waals surface area contributed by atoms with E-state index in [4.69, 9.17) is 5.11 Å². The summed E-state index contributed by atoms with van der Waals surface area (Å²) in [5.74, 6) is -1.37. The minimum absolute atomic E-state index is 0.148. The first kappa shape index (κ1) is 12.4. The van der Waals surface area contributed by atoms with Gasteiger partial charge in [-0.2, -0.15) is 0 Å². The molecule has 5 nitrogen and oxygen atoms in total. The van der Waals surface area contributed by atoms with Gasteiger partial charge in [0, 0.05) is 0 Å². The molecule has 0 aliphatic rings. The van der Waals surface area contributed by atoms with Crippen molar-refractivity contribution in [3.05, 3.63) is 12.7 Å². The lowest BCUT2D eigenvalue weighted by atomic mass is 10.2. The van der Waals surface area contributed by atoms with Crippen LogP contribution in [-0.4, -0.2) is 27.7 Å². The van der Waals surface area contributed by atoms with Crippen molar-refractivity contribution in [1.82, 2.24) is 0 Å². The predicted octanol–water partition coefficient (Wildman–Crippen LogP) is 1.24. The molecule has 0 aliphatic carbocycles. The molecule has 0 aliphatic heterocycles. The third-order valence-electron chi connectivity index (χ3n) is 1.60. The van der Waals surface area contributed by atoms with Gasteiger partial charge in [0.05, 0.1) is 6.61 Å². The van der Waals surface area contributed by atoms with Crippen molar-refractivity contribution >= 4 is 13.6 Å². The first-order valence-electron chi connectivity index (χ1n) is 3.57. The molecule has 0 fully saturated rings. The van der Waals surface area contributed by atoms with Crippen molar-refractivity contribution in [3.63, 3.8) is 0 Å². The number of carboxylic acids is 1. The molecule has 0 aromatic heterocycles. The van der Waals surface area contributed by atoms with Gasteiger partial charge >= 0.3 is 13.6 Å². The van der Waals surface area contributed by atoms with Crippen LogP contribution in [-0.2, 0) is 13.9 Å². The summed E-state index contributed by atoms with van der Waals surface area (Å²) in [5, 5.41) is 6.84. The maximum Gasteiger partial charge on any atom is 0.345 e. The molecule has 0 saturated carbocycles. The summed E-state index contributed by atoms with van der Waals surface area (Å²) in [6.45, 7) is 5.41. The van der Waals surface area contributed by atoms with E-state index in [1.807, 2.05) is 0 Å². The van der Waals surface area contributed by atoms with Crippen LogP contribution in [0.4, 0.5) is 0 Å². The summed E-state index contributed by atoms with van der Waals surface area (Å²) in [6.07, 6.45) is 1.28. The molecule has 6 heteroatoms. The predicted molar refractivity (Wildman–Crippen MR) is 47.7 cm³/mol. The number of hydrogen-bond donors (Lipinski definition) is 2. The number of carbonyl (C=O) groups is 1. The molecule has 0 aromatic carbocycles. The highest BCUT2D eigenvalue weighted by Crippen LogP contribution is 2.55. The Bertz CT molecular complexity index is 258. The van der Waals surface area contributed by atoms with Crippen LogP contribution in [0.2, 0.25) is 0 Å². The van der Waals surface area contributed by atoms with Crippen LogP contribution in [0.1, 0.15) is 13.8 Å². The van der Waals surface area contributed by atoms with E-state index in [1.165, 1.54) is 6.08 Å². The molecule has 1 atom stereocenters. The summed E-state index contributed by atoms with van der Waals surface area (Å²) in [7, 11) is -4.14. The quantitative estimate of drug-likeness (QED) is 0.524. The van der Waals surface area contributed by atoms with Crippen LogP contribution < -0.4 is 0 Å². The Balaban J connectivity index is 4.70. The van der Waals surface area contributed by atoms with E-state index in [-0.39, 0.29) is 6.61 Å². The number of carboxylic acid groups (broad SMARTS) is 1.